The molecular formula is C17H19N. The number of nitrogens with zero attached hydrogens (tertiary/aromatic N) is 1. The molecule has 0 saturated heterocycles. The van der Waals surface area contributed by atoms with Gasteiger partial charge in [0.2, 0.25) is 0 Å². The van der Waals surface area contributed by atoms with Gasteiger partial charge in [-0.25, -0.2) is 0 Å². The Hall–Kier alpha value is -2.15. The number of rotatable bonds is 3. The summed E-state index contributed by atoms with van der Waals surface area (Å²) in [7, 11) is 0. The fourth-order valence-electron chi connectivity index (χ4n) is 1.55. The van der Waals surface area contributed by atoms with Crippen LogP contribution in [0.25, 0.3) is 12.2 Å². The molecule has 1 aromatic carbocycles. The minimum atomic E-state index is 0.924. The number of pyridine rings is 1. The highest BCUT2D eigenvalue weighted by Crippen LogP contribution is 2.09. The Morgan fingerprint density at radius 3 is 2.17 bits per heavy atom. The lowest BCUT2D eigenvalue weighted by Crippen LogP contribution is -1.83. The van der Waals surface area contributed by atoms with Crippen molar-refractivity contribution in [2.45, 2.75) is 13.3 Å². The van der Waals surface area contributed by atoms with Crippen molar-refractivity contribution >= 4 is 12.2 Å². The van der Waals surface area contributed by atoms with E-state index >= 15 is 0 Å². The summed E-state index contributed by atoms with van der Waals surface area (Å²) < 4.78 is 0. The molecule has 18 heavy (non-hydrogen) atoms. The van der Waals surface area contributed by atoms with Crippen molar-refractivity contribution in [1.82, 2.24) is 4.98 Å². The zero-order valence-electron chi connectivity index (χ0n) is 10.8. The van der Waals surface area contributed by atoms with Crippen LogP contribution in [-0.4, -0.2) is 4.98 Å². The van der Waals surface area contributed by atoms with Gasteiger partial charge in [0.1, 0.15) is 0 Å². The molecule has 0 aliphatic carbocycles. The minimum Gasteiger partial charge on any atom is -0.257 e. The molecule has 0 saturated carbocycles. The molecule has 0 aliphatic heterocycles. The van der Waals surface area contributed by atoms with Crippen molar-refractivity contribution in [1.29, 1.82) is 0 Å². The van der Waals surface area contributed by atoms with Gasteiger partial charge in [-0.1, -0.05) is 56.5 Å². The molecule has 2 rings (SSSR count). The van der Waals surface area contributed by atoms with E-state index in [0.29, 0.717) is 0 Å². The summed E-state index contributed by atoms with van der Waals surface area (Å²) in [6.45, 7) is 9.46. The molecule has 0 amide bonds. The fraction of sp³-hybridized carbons (Fsp3) is 0.118. The van der Waals surface area contributed by atoms with Gasteiger partial charge in [0, 0.05) is 6.20 Å². The zero-order valence-corrected chi connectivity index (χ0v) is 10.8. The molecule has 1 heteroatoms. The molecule has 0 spiro atoms. The Balaban J connectivity index is 0.000000184. The van der Waals surface area contributed by atoms with Crippen molar-refractivity contribution in [3.63, 3.8) is 0 Å². The lowest BCUT2D eigenvalue weighted by atomic mass is 10.1. The van der Waals surface area contributed by atoms with E-state index in [4.69, 9.17) is 0 Å². The third-order valence-corrected chi connectivity index (χ3v) is 2.55. The highest BCUT2D eigenvalue weighted by Gasteiger charge is 1.91. The number of hydrogen-bond acceptors (Lipinski definition) is 1. The van der Waals surface area contributed by atoms with Gasteiger partial charge in [-0.05, 0) is 35.8 Å². The SMILES string of the molecule is C=Cc1ccccc1CC.C=Cc1ccccn1. The van der Waals surface area contributed by atoms with Gasteiger partial charge in [-0.3, -0.25) is 4.98 Å². The van der Waals surface area contributed by atoms with Crippen LogP contribution in [0.2, 0.25) is 0 Å². The van der Waals surface area contributed by atoms with Gasteiger partial charge in [-0.15, -0.1) is 0 Å². The summed E-state index contributed by atoms with van der Waals surface area (Å²) >= 11 is 0. The second kappa shape index (κ2) is 8.02. The molecule has 1 nitrogen and oxygen atoms in total. The Morgan fingerprint density at radius 1 is 1.00 bits per heavy atom. The molecule has 0 aliphatic rings. The van der Waals surface area contributed by atoms with Crippen molar-refractivity contribution in [3.8, 4) is 0 Å². The first-order chi connectivity index (χ1) is 8.81. The Labute approximate surface area is 110 Å². The van der Waals surface area contributed by atoms with Crippen molar-refractivity contribution in [2.75, 3.05) is 0 Å². The molecule has 0 radical (unpaired) electrons. The predicted octanol–water partition coefficient (Wildman–Crippen LogP) is 4.62. The van der Waals surface area contributed by atoms with E-state index in [-0.39, 0.29) is 0 Å². The Kier molecular flexibility index (Phi) is 6.20. The van der Waals surface area contributed by atoms with Gasteiger partial charge in [0.15, 0.2) is 0 Å². The summed E-state index contributed by atoms with van der Waals surface area (Å²) in [5.74, 6) is 0. The average Bonchev–Trinajstić information content (AvgIpc) is 2.48. The molecule has 92 valence electrons. The maximum atomic E-state index is 3.98. The lowest BCUT2D eigenvalue weighted by Gasteiger charge is -1.99. The molecule has 0 atom stereocenters. The van der Waals surface area contributed by atoms with E-state index in [9.17, 15) is 0 Å². The summed E-state index contributed by atoms with van der Waals surface area (Å²) in [5.41, 5.74) is 3.55. The van der Waals surface area contributed by atoms with E-state index < -0.39 is 0 Å². The molecule has 0 unspecified atom stereocenters. The summed E-state index contributed by atoms with van der Waals surface area (Å²) in [6, 6.07) is 14.1. The molecule has 1 aromatic heterocycles. The topological polar surface area (TPSA) is 12.9 Å². The van der Waals surface area contributed by atoms with E-state index in [1.807, 2.05) is 30.3 Å². The molecule has 0 fully saturated rings. The maximum absolute atomic E-state index is 3.98. The van der Waals surface area contributed by atoms with E-state index in [1.165, 1.54) is 11.1 Å². The third kappa shape index (κ3) is 4.38. The third-order valence-electron chi connectivity index (χ3n) is 2.55. The second-order valence-electron chi connectivity index (χ2n) is 3.72. The normalized spacial score (nSPS) is 8.94. The van der Waals surface area contributed by atoms with Gasteiger partial charge >= 0.3 is 0 Å². The largest absolute Gasteiger partial charge is 0.257 e. The van der Waals surface area contributed by atoms with E-state index in [1.54, 1.807) is 12.3 Å². The first-order valence-electron chi connectivity index (χ1n) is 6.05. The number of hydrogen-bond donors (Lipinski definition) is 0. The first-order valence-corrected chi connectivity index (χ1v) is 6.05. The van der Waals surface area contributed by atoms with Crippen LogP contribution in [0.3, 0.4) is 0 Å². The van der Waals surface area contributed by atoms with Crippen molar-refractivity contribution in [3.05, 3.63) is 78.6 Å². The van der Waals surface area contributed by atoms with Crippen LogP contribution in [-0.2, 0) is 6.42 Å². The smallest absolute Gasteiger partial charge is 0.0623 e. The summed E-state index contributed by atoms with van der Waals surface area (Å²) in [5, 5.41) is 0. The van der Waals surface area contributed by atoms with Crippen LogP contribution >= 0.6 is 0 Å². The molecule has 0 N–H and O–H groups in total. The highest BCUT2D eigenvalue weighted by atomic mass is 14.6. The lowest BCUT2D eigenvalue weighted by molar-refractivity contribution is 1.13. The van der Waals surface area contributed by atoms with Crippen LogP contribution in [0.1, 0.15) is 23.7 Å². The maximum Gasteiger partial charge on any atom is 0.0623 e. The number of benzene rings is 1. The van der Waals surface area contributed by atoms with Gasteiger partial charge in [-0.2, -0.15) is 0 Å². The van der Waals surface area contributed by atoms with Crippen LogP contribution in [0.4, 0.5) is 0 Å². The van der Waals surface area contributed by atoms with Crippen LogP contribution in [0.15, 0.2) is 61.8 Å². The van der Waals surface area contributed by atoms with Crippen molar-refractivity contribution in [2.24, 2.45) is 0 Å². The van der Waals surface area contributed by atoms with Crippen LogP contribution < -0.4 is 0 Å². The second-order valence-corrected chi connectivity index (χ2v) is 3.72. The standard InChI is InChI=1S/C10H12.C7H7N/c1-3-9-7-5-6-8-10(9)4-2;1-2-7-5-3-4-6-8-7/h3,5-8H,1,4H2,2H3;2-6H,1H2. The molecular weight excluding hydrogens is 218 g/mol. The van der Waals surface area contributed by atoms with Crippen molar-refractivity contribution < 1.29 is 0 Å². The molecule has 0 bridgehead atoms. The monoisotopic (exact) mass is 237 g/mol. The highest BCUT2D eigenvalue weighted by molar-refractivity contribution is 5.51. The first kappa shape index (κ1) is 13.9. The van der Waals surface area contributed by atoms with Crippen LogP contribution in [0, 0.1) is 0 Å². The summed E-state index contributed by atoms with van der Waals surface area (Å²) in [4.78, 5) is 3.98. The summed E-state index contributed by atoms with van der Waals surface area (Å²) in [6.07, 6.45) is 6.46. The number of aryl methyl sites for hydroxylation is 1. The van der Waals surface area contributed by atoms with E-state index in [2.05, 4.69) is 43.3 Å². The average molecular weight is 237 g/mol. The predicted molar refractivity (Wildman–Crippen MR) is 80.2 cm³/mol. The van der Waals surface area contributed by atoms with Crippen LogP contribution in [0.5, 0.6) is 0 Å². The molecule has 1 heterocycles. The Morgan fingerprint density at radius 2 is 1.72 bits per heavy atom. The minimum absolute atomic E-state index is 0.924. The zero-order chi connectivity index (χ0) is 13.2. The van der Waals surface area contributed by atoms with Gasteiger partial charge in [0.05, 0.1) is 5.69 Å². The van der Waals surface area contributed by atoms with Gasteiger partial charge in [0.25, 0.3) is 0 Å². The number of aromatic nitrogens is 1. The van der Waals surface area contributed by atoms with E-state index in [0.717, 1.165) is 12.1 Å². The van der Waals surface area contributed by atoms with Gasteiger partial charge < -0.3 is 0 Å². The quantitative estimate of drug-likeness (QED) is 0.759. The fourth-order valence-corrected chi connectivity index (χ4v) is 1.55. The molecule has 2 aromatic rings. The Bertz CT molecular complexity index is 486.